The van der Waals surface area contributed by atoms with Gasteiger partial charge >= 0.3 is 0 Å². The first-order chi connectivity index (χ1) is 7.35. The molecule has 15 heavy (non-hydrogen) atoms. The molecule has 0 unspecified atom stereocenters. The Balaban J connectivity index is 2.48. The molecule has 0 aliphatic carbocycles. The number of rotatable bonds is 3. The van der Waals surface area contributed by atoms with Crippen molar-refractivity contribution in [3.63, 3.8) is 0 Å². The first-order valence-electron chi connectivity index (χ1n) is 4.44. The van der Waals surface area contributed by atoms with Crippen molar-refractivity contribution in [3.8, 4) is 17.2 Å². The third kappa shape index (κ3) is 1.76. The van der Waals surface area contributed by atoms with E-state index in [0.717, 1.165) is 11.4 Å². The molecule has 0 radical (unpaired) electrons. The van der Waals surface area contributed by atoms with Gasteiger partial charge in [0.2, 0.25) is 0 Å². The van der Waals surface area contributed by atoms with Crippen LogP contribution in [-0.2, 0) is 0 Å². The van der Waals surface area contributed by atoms with Gasteiger partial charge in [-0.05, 0) is 12.1 Å². The van der Waals surface area contributed by atoms with Crippen LogP contribution in [0.1, 0.15) is 0 Å². The maximum Gasteiger partial charge on any atom is 0.150 e. The summed E-state index contributed by atoms with van der Waals surface area (Å²) in [6, 6.07) is 5.47. The van der Waals surface area contributed by atoms with Gasteiger partial charge in [-0.15, -0.1) is 4.80 Å². The lowest BCUT2D eigenvalue weighted by atomic mass is 10.3. The van der Waals surface area contributed by atoms with E-state index in [1.807, 2.05) is 12.1 Å². The summed E-state index contributed by atoms with van der Waals surface area (Å²) in [7, 11) is 3.21. The number of ether oxygens (including phenoxy) is 2. The van der Waals surface area contributed by atoms with Crippen molar-refractivity contribution >= 4 is 0 Å². The second-order valence-corrected chi connectivity index (χ2v) is 2.86. The fourth-order valence-electron chi connectivity index (χ4n) is 1.29. The van der Waals surface area contributed by atoms with Crippen LogP contribution in [0.2, 0.25) is 0 Å². The van der Waals surface area contributed by atoms with Crippen molar-refractivity contribution in [2.75, 3.05) is 14.2 Å². The first kappa shape index (κ1) is 9.51. The Morgan fingerprint density at radius 2 is 1.80 bits per heavy atom. The number of methoxy groups -OCH3 is 2. The Morgan fingerprint density at radius 1 is 1.07 bits per heavy atom. The van der Waals surface area contributed by atoms with Gasteiger partial charge in [-0.1, -0.05) is 0 Å². The van der Waals surface area contributed by atoms with E-state index < -0.39 is 0 Å². The second kappa shape index (κ2) is 4.00. The highest BCUT2D eigenvalue weighted by Gasteiger charge is 2.07. The highest BCUT2D eigenvalue weighted by molar-refractivity contribution is 5.49. The lowest BCUT2D eigenvalue weighted by molar-refractivity contribution is 0.391. The molecule has 2 rings (SSSR count). The van der Waals surface area contributed by atoms with Crippen molar-refractivity contribution in [1.82, 2.24) is 15.0 Å². The average Bonchev–Trinajstić information content (AvgIpc) is 2.81. The topological polar surface area (TPSA) is 49.2 Å². The minimum absolute atomic E-state index is 0.672. The lowest BCUT2D eigenvalue weighted by Crippen LogP contribution is -2.01. The van der Waals surface area contributed by atoms with E-state index in [9.17, 15) is 0 Å². The normalized spacial score (nSPS) is 10.0. The van der Waals surface area contributed by atoms with Gasteiger partial charge in [0.05, 0.1) is 26.6 Å². The molecule has 0 fully saturated rings. The number of benzene rings is 1. The minimum atomic E-state index is 0.672. The molecule has 1 heterocycles. The Labute approximate surface area is 87.2 Å². The molecule has 0 atom stereocenters. The summed E-state index contributed by atoms with van der Waals surface area (Å²) in [4.78, 5) is 1.50. The van der Waals surface area contributed by atoms with Gasteiger partial charge in [0.25, 0.3) is 0 Å². The lowest BCUT2D eigenvalue weighted by Gasteiger charge is -2.08. The highest BCUT2D eigenvalue weighted by atomic mass is 16.5. The fourth-order valence-corrected chi connectivity index (χ4v) is 1.29. The number of nitrogens with zero attached hydrogens (tertiary/aromatic N) is 3. The van der Waals surface area contributed by atoms with E-state index in [4.69, 9.17) is 9.47 Å². The predicted molar refractivity (Wildman–Crippen MR) is 54.5 cm³/mol. The van der Waals surface area contributed by atoms with Crippen LogP contribution in [0.15, 0.2) is 30.6 Å². The van der Waals surface area contributed by atoms with Crippen LogP contribution in [0.3, 0.4) is 0 Å². The van der Waals surface area contributed by atoms with Gasteiger partial charge in [0.15, 0.2) is 0 Å². The zero-order valence-electron chi connectivity index (χ0n) is 8.54. The van der Waals surface area contributed by atoms with E-state index >= 15 is 0 Å². The third-order valence-electron chi connectivity index (χ3n) is 2.02. The molecular formula is C10H11N3O2. The molecule has 5 heteroatoms. The maximum absolute atomic E-state index is 5.23. The van der Waals surface area contributed by atoms with Crippen molar-refractivity contribution in [3.05, 3.63) is 30.6 Å². The van der Waals surface area contributed by atoms with Crippen LogP contribution in [0.4, 0.5) is 0 Å². The van der Waals surface area contributed by atoms with Crippen LogP contribution < -0.4 is 9.47 Å². The Morgan fingerprint density at radius 3 is 2.40 bits per heavy atom. The molecule has 2 aromatic rings. The summed E-state index contributed by atoms with van der Waals surface area (Å²) in [6.45, 7) is 0. The summed E-state index contributed by atoms with van der Waals surface area (Å²) in [6.07, 6.45) is 3.23. The zero-order chi connectivity index (χ0) is 10.7. The molecule has 0 N–H and O–H groups in total. The maximum atomic E-state index is 5.23. The Hall–Kier alpha value is -2.04. The van der Waals surface area contributed by atoms with Gasteiger partial charge in [0, 0.05) is 6.07 Å². The molecule has 0 aliphatic rings. The van der Waals surface area contributed by atoms with Crippen molar-refractivity contribution in [2.45, 2.75) is 0 Å². The van der Waals surface area contributed by atoms with E-state index in [1.54, 1.807) is 32.7 Å². The molecule has 0 aliphatic heterocycles. The van der Waals surface area contributed by atoms with Gasteiger partial charge in [-0.3, -0.25) is 0 Å². The third-order valence-corrected chi connectivity index (χ3v) is 2.02. The summed E-state index contributed by atoms with van der Waals surface area (Å²) in [5.41, 5.74) is 0.781. The molecule has 0 saturated heterocycles. The number of aromatic nitrogens is 3. The number of hydrogen-bond acceptors (Lipinski definition) is 4. The van der Waals surface area contributed by atoms with Crippen molar-refractivity contribution in [2.24, 2.45) is 0 Å². The molecule has 78 valence electrons. The monoisotopic (exact) mass is 205 g/mol. The molecule has 0 amide bonds. The zero-order valence-corrected chi connectivity index (χ0v) is 8.54. The molecular weight excluding hydrogens is 194 g/mol. The fraction of sp³-hybridized carbons (Fsp3) is 0.200. The molecule has 0 spiro atoms. The Kier molecular flexibility index (Phi) is 2.53. The predicted octanol–water partition coefficient (Wildman–Crippen LogP) is 1.28. The Bertz CT molecular complexity index is 440. The first-order valence-corrected chi connectivity index (χ1v) is 4.44. The average molecular weight is 205 g/mol. The van der Waals surface area contributed by atoms with Crippen LogP contribution in [0, 0.1) is 0 Å². The van der Waals surface area contributed by atoms with Gasteiger partial charge in [-0.2, -0.15) is 10.2 Å². The molecule has 5 nitrogen and oxygen atoms in total. The highest BCUT2D eigenvalue weighted by Crippen LogP contribution is 2.26. The van der Waals surface area contributed by atoms with E-state index in [2.05, 4.69) is 10.2 Å². The molecule has 0 bridgehead atoms. The number of hydrogen-bond donors (Lipinski definition) is 0. The van der Waals surface area contributed by atoms with Crippen LogP contribution in [-0.4, -0.2) is 29.2 Å². The summed E-state index contributed by atoms with van der Waals surface area (Å²) < 4.78 is 10.3. The molecule has 1 aromatic carbocycles. The smallest absolute Gasteiger partial charge is 0.150 e. The van der Waals surface area contributed by atoms with Gasteiger partial charge in [0.1, 0.15) is 17.2 Å². The van der Waals surface area contributed by atoms with Crippen LogP contribution in [0.25, 0.3) is 5.69 Å². The van der Waals surface area contributed by atoms with E-state index in [1.165, 1.54) is 4.80 Å². The molecule has 1 aromatic heterocycles. The summed E-state index contributed by atoms with van der Waals surface area (Å²) >= 11 is 0. The summed E-state index contributed by atoms with van der Waals surface area (Å²) in [5.74, 6) is 1.41. The minimum Gasteiger partial charge on any atom is -0.497 e. The quantitative estimate of drug-likeness (QED) is 0.757. The second-order valence-electron chi connectivity index (χ2n) is 2.86. The van der Waals surface area contributed by atoms with Gasteiger partial charge < -0.3 is 9.47 Å². The molecule has 0 saturated carbocycles. The van der Waals surface area contributed by atoms with Gasteiger partial charge in [-0.25, -0.2) is 0 Å². The van der Waals surface area contributed by atoms with E-state index in [-0.39, 0.29) is 0 Å². The van der Waals surface area contributed by atoms with Crippen molar-refractivity contribution < 1.29 is 9.47 Å². The van der Waals surface area contributed by atoms with Crippen LogP contribution >= 0.6 is 0 Å². The summed E-state index contributed by atoms with van der Waals surface area (Å²) in [5, 5.41) is 8.07. The van der Waals surface area contributed by atoms with Crippen LogP contribution in [0.5, 0.6) is 11.5 Å². The van der Waals surface area contributed by atoms with E-state index in [0.29, 0.717) is 5.75 Å². The van der Waals surface area contributed by atoms with Crippen molar-refractivity contribution in [1.29, 1.82) is 0 Å². The largest absolute Gasteiger partial charge is 0.497 e. The SMILES string of the molecule is COc1ccc(-n2nccn2)c(OC)c1. The standard InChI is InChI=1S/C10H11N3O2/c1-14-8-3-4-9(10(7-8)15-2)13-11-5-6-12-13/h3-7H,1-2H3.